The molecule has 0 atom stereocenters. The summed E-state index contributed by atoms with van der Waals surface area (Å²) in [4.78, 5) is 8.13. The van der Waals surface area contributed by atoms with Crippen LogP contribution >= 0.6 is 11.3 Å². The summed E-state index contributed by atoms with van der Waals surface area (Å²) in [6.07, 6.45) is 2.04. The molecule has 2 aromatic heterocycles. The monoisotopic (exact) mass is 305 g/mol. The maximum absolute atomic E-state index is 4.81. The van der Waals surface area contributed by atoms with Crippen LogP contribution in [0, 0.1) is 0 Å². The maximum atomic E-state index is 4.81. The number of hydrogen-bond acceptors (Lipinski definition) is 3. The average Bonchev–Trinajstić information content (AvgIpc) is 3.18. The minimum absolute atomic E-state index is 0.998. The van der Waals surface area contributed by atoms with E-state index in [1.54, 1.807) is 11.3 Å². The smallest absolute Gasteiger partial charge is 0.128 e. The van der Waals surface area contributed by atoms with Crippen molar-refractivity contribution in [3.05, 3.63) is 60.8 Å². The second kappa shape index (κ2) is 5.31. The quantitative estimate of drug-likeness (QED) is 0.559. The Morgan fingerprint density at radius 1 is 1.00 bits per heavy atom. The normalized spacial score (nSPS) is 11.0. The molecular weight excluding hydrogens is 290 g/mol. The van der Waals surface area contributed by atoms with Crippen molar-refractivity contribution in [1.29, 1.82) is 0 Å². The summed E-state index contributed by atoms with van der Waals surface area (Å²) < 4.78 is 1.21. The molecule has 2 aromatic carbocycles. The third-order valence-corrected chi connectivity index (χ3v) is 4.78. The molecule has 0 saturated carbocycles. The zero-order chi connectivity index (χ0) is 14.9. The summed E-state index contributed by atoms with van der Waals surface area (Å²) in [7, 11) is 1.93. The Labute approximate surface area is 132 Å². The number of nitrogens with one attached hydrogen (secondary N) is 2. The highest BCUT2D eigenvalue weighted by Gasteiger charge is 2.17. The molecule has 0 bridgehead atoms. The van der Waals surface area contributed by atoms with Gasteiger partial charge in [0.25, 0.3) is 0 Å². The fourth-order valence-electron chi connectivity index (χ4n) is 2.67. The molecule has 0 aliphatic rings. The molecule has 0 aliphatic carbocycles. The Hall–Kier alpha value is -2.59. The van der Waals surface area contributed by atoms with E-state index in [0.29, 0.717) is 0 Å². The van der Waals surface area contributed by atoms with Crippen molar-refractivity contribution < 1.29 is 0 Å². The molecule has 0 saturated heterocycles. The minimum atomic E-state index is 0.998. The van der Waals surface area contributed by atoms with Crippen molar-refractivity contribution in [3.8, 4) is 21.7 Å². The third-order valence-electron chi connectivity index (χ3n) is 3.72. The van der Waals surface area contributed by atoms with Gasteiger partial charge in [-0.2, -0.15) is 0 Å². The van der Waals surface area contributed by atoms with E-state index in [9.17, 15) is 0 Å². The SMILES string of the molecule is CNc1[nH]cc(-c2ccccc2)c1-c1nc2ccccc2s1. The second-order valence-electron chi connectivity index (χ2n) is 5.06. The predicted octanol–water partition coefficient (Wildman–Crippen LogP) is 5.00. The molecule has 4 rings (SSSR count). The summed E-state index contributed by atoms with van der Waals surface area (Å²) in [6.45, 7) is 0. The number of nitrogens with zero attached hydrogens (tertiary/aromatic N) is 1. The van der Waals surface area contributed by atoms with Crippen LogP contribution < -0.4 is 5.32 Å². The second-order valence-corrected chi connectivity index (χ2v) is 6.09. The molecule has 0 unspecified atom stereocenters. The van der Waals surface area contributed by atoms with Gasteiger partial charge in [0, 0.05) is 18.8 Å². The lowest BCUT2D eigenvalue weighted by atomic mass is 10.0. The predicted molar refractivity (Wildman–Crippen MR) is 94.4 cm³/mol. The van der Waals surface area contributed by atoms with Gasteiger partial charge < -0.3 is 10.3 Å². The molecule has 0 spiro atoms. The number of aromatic amines is 1. The van der Waals surface area contributed by atoms with E-state index < -0.39 is 0 Å². The van der Waals surface area contributed by atoms with Gasteiger partial charge >= 0.3 is 0 Å². The number of anilines is 1. The Balaban J connectivity index is 1.95. The van der Waals surface area contributed by atoms with Crippen molar-refractivity contribution in [2.24, 2.45) is 0 Å². The van der Waals surface area contributed by atoms with Gasteiger partial charge in [-0.15, -0.1) is 11.3 Å². The zero-order valence-corrected chi connectivity index (χ0v) is 12.9. The summed E-state index contributed by atoms with van der Waals surface area (Å²) in [5.74, 6) is 0.998. The highest BCUT2D eigenvalue weighted by molar-refractivity contribution is 7.21. The highest BCUT2D eigenvalue weighted by Crippen LogP contribution is 2.40. The summed E-state index contributed by atoms with van der Waals surface area (Å²) >= 11 is 1.72. The van der Waals surface area contributed by atoms with Crippen LogP contribution in [0.15, 0.2) is 60.8 Å². The molecule has 108 valence electrons. The van der Waals surface area contributed by atoms with E-state index in [2.05, 4.69) is 52.8 Å². The van der Waals surface area contributed by atoms with E-state index in [1.165, 1.54) is 15.8 Å². The number of benzene rings is 2. The summed E-state index contributed by atoms with van der Waals surface area (Å²) in [6, 6.07) is 18.7. The van der Waals surface area contributed by atoms with Gasteiger partial charge in [0.2, 0.25) is 0 Å². The zero-order valence-electron chi connectivity index (χ0n) is 12.1. The van der Waals surface area contributed by atoms with Gasteiger partial charge in [-0.05, 0) is 17.7 Å². The van der Waals surface area contributed by atoms with Crippen molar-refractivity contribution >= 4 is 27.4 Å². The Bertz CT molecular complexity index is 889. The van der Waals surface area contributed by atoms with Crippen LogP contribution in [-0.2, 0) is 0 Å². The highest BCUT2D eigenvalue weighted by atomic mass is 32.1. The summed E-state index contributed by atoms with van der Waals surface area (Å²) in [5.41, 5.74) is 4.54. The topological polar surface area (TPSA) is 40.7 Å². The van der Waals surface area contributed by atoms with E-state index >= 15 is 0 Å². The van der Waals surface area contributed by atoms with Gasteiger partial charge in [0.05, 0.1) is 15.8 Å². The molecule has 0 aliphatic heterocycles. The number of rotatable bonds is 3. The number of H-pyrrole nitrogens is 1. The molecular formula is C18H15N3S. The van der Waals surface area contributed by atoms with Gasteiger partial charge in [-0.25, -0.2) is 4.98 Å². The van der Waals surface area contributed by atoms with Crippen LogP contribution in [0.2, 0.25) is 0 Å². The Morgan fingerprint density at radius 2 is 1.77 bits per heavy atom. The molecule has 0 amide bonds. The van der Waals surface area contributed by atoms with Gasteiger partial charge in [0.15, 0.2) is 0 Å². The lowest BCUT2D eigenvalue weighted by molar-refractivity contribution is 1.35. The molecule has 22 heavy (non-hydrogen) atoms. The standard InChI is InChI=1S/C18H15N3S/c1-19-17-16(13(11-20-17)12-7-3-2-4-8-12)18-21-14-9-5-6-10-15(14)22-18/h2-11,19-20H,1H3. The first-order valence-electron chi connectivity index (χ1n) is 7.17. The minimum Gasteiger partial charge on any atom is -0.374 e. The fraction of sp³-hybridized carbons (Fsp3) is 0.0556. The molecule has 2 N–H and O–H groups in total. The molecule has 4 heteroatoms. The molecule has 0 fully saturated rings. The molecule has 4 aromatic rings. The van der Waals surface area contributed by atoms with Crippen LogP contribution in [0.1, 0.15) is 0 Å². The largest absolute Gasteiger partial charge is 0.374 e. The fourth-order valence-corrected chi connectivity index (χ4v) is 3.70. The third kappa shape index (κ3) is 2.09. The van der Waals surface area contributed by atoms with Gasteiger partial charge in [0.1, 0.15) is 10.8 Å². The number of aromatic nitrogens is 2. The average molecular weight is 305 g/mol. The molecule has 2 heterocycles. The van der Waals surface area contributed by atoms with E-state index in [4.69, 9.17) is 4.98 Å². The van der Waals surface area contributed by atoms with Gasteiger partial charge in [-0.3, -0.25) is 0 Å². The Kier molecular flexibility index (Phi) is 3.16. The lowest BCUT2D eigenvalue weighted by Gasteiger charge is -2.04. The van der Waals surface area contributed by atoms with Crippen molar-refractivity contribution in [2.45, 2.75) is 0 Å². The van der Waals surface area contributed by atoms with Crippen LogP contribution in [0.3, 0.4) is 0 Å². The summed E-state index contributed by atoms with van der Waals surface area (Å²) in [5, 5.41) is 4.27. The van der Waals surface area contributed by atoms with Crippen LogP contribution in [-0.4, -0.2) is 17.0 Å². The van der Waals surface area contributed by atoms with Crippen LogP contribution in [0.4, 0.5) is 5.82 Å². The molecule has 0 radical (unpaired) electrons. The first-order chi connectivity index (χ1) is 10.9. The van der Waals surface area contributed by atoms with Crippen molar-refractivity contribution in [2.75, 3.05) is 12.4 Å². The van der Waals surface area contributed by atoms with Crippen molar-refractivity contribution in [3.63, 3.8) is 0 Å². The van der Waals surface area contributed by atoms with Crippen LogP contribution in [0.5, 0.6) is 0 Å². The first kappa shape index (κ1) is 13.1. The number of para-hydroxylation sites is 1. The number of thiazole rings is 1. The first-order valence-corrected chi connectivity index (χ1v) is 7.99. The molecule has 3 nitrogen and oxygen atoms in total. The number of hydrogen-bond donors (Lipinski definition) is 2. The van der Waals surface area contributed by atoms with Crippen molar-refractivity contribution in [1.82, 2.24) is 9.97 Å². The van der Waals surface area contributed by atoms with Crippen LogP contribution in [0.25, 0.3) is 31.9 Å². The van der Waals surface area contributed by atoms with E-state index in [0.717, 1.165) is 21.9 Å². The van der Waals surface area contributed by atoms with Gasteiger partial charge in [-0.1, -0.05) is 42.5 Å². The number of fused-ring (bicyclic) bond motifs is 1. The lowest BCUT2D eigenvalue weighted by Crippen LogP contribution is -1.90. The Morgan fingerprint density at radius 3 is 2.55 bits per heavy atom. The maximum Gasteiger partial charge on any atom is 0.128 e. The van der Waals surface area contributed by atoms with E-state index in [-0.39, 0.29) is 0 Å². The van der Waals surface area contributed by atoms with E-state index in [1.807, 2.05) is 25.4 Å².